The SMILES string of the molecule is O=S1CCC(Nc2cnccn2)CC1. The van der Waals surface area contributed by atoms with Crippen LogP contribution in [0.1, 0.15) is 12.8 Å². The molecule has 1 saturated heterocycles. The molecule has 0 amide bonds. The molecule has 1 aromatic heterocycles. The molecule has 0 aliphatic carbocycles. The van der Waals surface area contributed by atoms with Gasteiger partial charge in [-0.3, -0.25) is 9.19 Å². The summed E-state index contributed by atoms with van der Waals surface area (Å²) in [6.07, 6.45) is 6.96. The molecule has 14 heavy (non-hydrogen) atoms. The van der Waals surface area contributed by atoms with Gasteiger partial charge >= 0.3 is 0 Å². The Morgan fingerprint density at radius 2 is 2.14 bits per heavy atom. The number of nitrogens with one attached hydrogen (secondary N) is 1. The van der Waals surface area contributed by atoms with Crippen molar-refractivity contribution < 1.29 is 4.21 Å². The second-order valence-corrected chi connectivity index (χ2v) is 5.05. The topological polar surface area (TPSA) is 54.9 Å². The Labute approximate surface area is 85.6 Å². The van der Waals surface area contributed by atoms with Crippen molar-refractivity contribution in [3.8, 4) is 0 Å². The zero-order valence-electron chi connectivity index (χ0n) is 7.85. The first kappa shape index (κ1) is 9.58. The maximum Gasteiger partial charge on any atom is 0.144 e. The standard InChI is InChI=1S/C9H13N3OS/c13-14-5-1-8(2-6-14)12-9-7-10-3-4-11-9/h3-4,7-8H,1-2,5-6H2,(H,11,12). The van der Waals surface area contributed by atoms with Gasteiger partial charge in [-0.25, -0.2) is 4.98 Å². The van der Waals surface area contributed by atoms with Crippen molar-refractivity contribution >= 4 is 16.6 Å². The maximum absolute atomic E-state index is 11.1. The van der Waals surface area contributed by atoms with E-state index in [0.29, 0.717) is 6.04 Å². The van der Waals surface area contributed by atoms with Crippen LogP contribution in [-0.2, 0) is 10.8 Å². The Morgan fingerprint density at radius 1 is 1.36 bits per heavy atom. The van der Waals surface area contributed by atoms with E-state index in [9.17, 15) is 4.21 Å². The van der Waals surface area contributed by atoms with E-state index in [-0.39, 0.29) is 0 Å². The number of nitrogens with zero attached hydrogens (tertiary/aromatic N) is 2. The van der Waals surface area contributed by atoms with Crippen LogP contribution in [0.4, 0.5) is 5.82 Å². The second-order valence-electron chi connectivity index (χ2n) is 3.36. The summed E-state index contributed by atoms with van der Waals surface area (Å²) in [7, 11) is -0.595. The van der Waals surface area contributed by atoms with Gasteiger partial charge in [-0.05, 0) is 12.8 Å². The highest BCUT2D eigenvalue weighted by molar-refractivity contribution is 7.85. The van der Waals surface area contributed by atoms with Gasteiger partial charge in [-0.15, -0.1) is 0 Å². The Morgan fingerprint density at radius 3 is 2.79 bits per heavy atom. The van der Waals surface area contributed by atoms with Crippen molar-refractivity contribution in [1.82, 2.24) is 9.97 Å². The van der Waals surface area contributed by atoms with E-state index in [1.54, 1.807) is 18.6 Å². The normalized spacial score (nSPS) is 27.1. The third-order valence-corrected chi connectivity index (χ3v) is 3.69. The largest absolute Gasteiger partial charge is 0.366 e. The van der Waals surface area contributed by atoms with E-state index in [0.717, 1.165) is 30.2 Å². The monoisotopic (exact) mass is 211 g/mol. The zero-order valence-corrected chi connectivity index (χ0v) is 8.67. The van der Waals surface area contributed by atoms with Gasteiger partial charge in [0.2, 0.25) is 0 Å². The predicted molar refractivity (Wildman–Crippen MR) is 56.6 cm³/mol. The highest BCUT2D eigenvalue weighted by Crippen LogP contribution is 2.13. The third kappa shape index (κ3) is 2.51. The number of rotatable bonds is 2. The van der Waals surface area contributed by atoms with Crippen LogP contribution in [0.25, 0.3) is 0 Å². The average Bonchev–Trinajstić information content (AvgIpc) is 2.23. The van der Waals surface area contributed by atoms with E-state index in [4.69, 9.17) is 0 Å². The molecule has 0 radical (unpaired) electrons. The van der Waals surface area contributed by atoms with Crippen LogP contribution in [0.2, 0.25) is 0 Å². The Balaban J connectivity index is 1.89. The molecule has 2 rings (SSSR count). The van der Waals surface area contributed by atoms with Crippen molar-refractivity contribution in [2.24, 2.45) is 0 Å². The zero-order chi connectivity index (χ0) is 9.80. The third-order valence-electron chi connectivity index (χ3n) is 2.30. The van der Waals surface area contributed by atoms with Gasteiger partial charge in [0.25, 0.3) is 0 Å². The average molecular weight is 211 g/mol. The van der Waals surface area contributed by atoms with E-state index < -0.39 is 10.8 Å². The fourth-order valence-electron chi connectivity index (χ4n) is 1.52. The summed E-state index contributed by atoms with van der Waals surface area (Å²) >= 11 is 0. The molecule has 0 unspecified atom stereocenters. The molecule has 0 spiro atoms. The molecule has 1 N–H and O–H groups in total. The molecule has 76 valence electrons. The number of anilines is 1. The lowest BCUT2D eigenvalue weighted by Gasteiger charge is -2.22. The minimum atomic E-state index is -0.595. The van der Waals surface area contributed by atoms with Crippen molar-refractivity contribution in [3.63, 3.8) is 0 Å². The summed E-state index contributed by atoms with van der Waals surface area (Å²) in [5.74, 6) is 2.42. The molecule has 0 bridgehead atoms. The first-order chi connectivity index (χ1) is 6.84. The lowest BCUT2D eigenvalue weighted by molar-refractivity contribution is 0.622. The molecular formula is C9H13N3OS. The molecule has 0 aromatic carbocycles. The quantitative estimate of drug-likeness (QED) is 0.786. The highest BCUT2D eigenvalue weighted by atomic mass is 32.2. The maximum atomic E-state index is 11.1. The van der Waals surface area contributed by atoms with Crippen LogP contribution in [0, 0.1) is 0 Å². The molecule has 0 atom stereocenters. The van der Waals surface area contributed by atoms with Crippen LogP contribution in [0.3, 0.4) is 0 Å². The fourth-order valence-corrected chi connectivity index (χ4v) is 2.82. The van der Waals surface area contributed by atoms with Gasteiger partial charge < -0.3 is 5.32 Å². The van der Waals surface area contributed by atoms with Crippen molar-refractivity contribution in [2.45, 2.75) is 18.9 Å². The van der Waals surface area contributed by atoms with Gasteiger partial charge in [-0.2, -0.15) is 0 Å². The van der Waals surface area contributed by atoms with Gasteiger partial charge in [0, 0.05) is 40.7 Å². The lowest BCUT2D eigenvalue weighted by atomic mass is 10.1. The number of hydrogen-bond donors (Lipinski definition) is 1. The minimum absolute atomic E-state index is 0.407. The molecule has 4 nitrogen and oxygen atoms in total. The lowest BCUT2D eigenvalue weighted by Crippen LogP contribution is -2.29. The summed E-state index contributed by atoms with van der Waals surface area (Å²) in [4.78, 5) is 8.12. The molecule has 1 aromatic rings. The summed E-state index contributed by atoms with van der Waals surface area (Å²) in [5, 5.41) is 3.29. The first-order valence-electron chi connectivity index (χ1n) is 4.72. The Hall–Kier alpha value is -0.970. The molecule has 0 saturated carbocycles. The van der Waals surface area contributed by atoms with E-state index in [1.165, 1.54) is 0 Å². The van der Waals surface area contributed by atoms with E-state index in [2.05, 4.69) is 15.3 Å². The van der Waals surface area contributed by atoms with Gasteiger partial charge in [0.05, 0.1) is 6.20 Å². The molecular weight excluding hydrogens is 198 g/mol. The summed E-state index contributed by atoms with van der Waals surface area (Å²) in [5.41, 5.74) is 0. The van der Waals surface area contributed by atoms with E-state index in [1.807, 2.05) is 0 Å². The van der Waals surface area contributed by atoms with Crippen LogP contribution in [0.15, 0.2) is 18.6 Å². The Bertz CT molecular complexity index is 307. The molecule has 5 heteroatoms. The predicted octanol–water partition coefficient (Wildman–Crippen LogP) is 0.800. The molecule has 1 aliphatic rings. The Kier molecular flexibility index (Phi) is 3.08. The van der Waals surface area contributed by atoms with Crippen LogP contribution in [-0.4, -0.2) is 31.7 Å². The number of aromatic nitrogens is 2. The highest BCUT2D eigenvalue weighted by Gasteiger charge is 2.17. The van der Waals surface area contributed by atoms with E-state index >= 15 is 0 Å². The van der Waals surface area contributed by atoms with Gasteiger partial charge in [0.1, 0.15) is 5.82 Å². The molecule has 2 heterocycles. The summed E-state index contributed by atoms with van der Waals surface area (Å²) in [6.45, 7) is 0. The van der Waals surface area contributed by atoms with Crippen LogP contribution in [0.5, 0.6) is 0 Å². The fraction of sp³-hybridized carbons (Fsp3) is 0.556. The summed E-state index contributed by atoms with van der Waals surface area (Å²) < 4.78 is 11.1. The van der Waals surface area contributed by atoms with Crippen molar-refractivity contribution in [2.75, 3.05) is 16.8 Å². The minimum Gasteiger partial charge on any atom is -0.366 e. The van der Waals surface area contributed by atoms with Crippen molar-refractivity contribution in [1.29, 1.82) is 0 Å². The molecule has 1 fully saturated rings. The first-order valence-corrected chi connectivity index (χ1v) is 6.21. The number of hydrogen-bond acceptors (Lipinski definition) is 4. The van der Waals surface area contributed by atoms with Crippen LogP contribution < -0.4 is 5.32 Å². The van der Waals surface area contributed by atoms with Gasteiger partial charge in [0.15, 0.2) is 0 Å². The van der Waals surface area contributed by atoms with Gasteiger partial charge in [-0.1, -0.05) is 0 Å². The summed E-state index contributed by atoms with van der Waals surface area (Å²) in [6, 6.07) is 0.407. The molecule has 1 aliphatic heterocycles. The van der Waals surface area contributed by atoms with Crippen molar-refractivity contribution in [3.05, 3.63) is 18.6 Å². The second kappa shape index (κ2) is 4.50. The van der Waals surface area contributed by atoms with Crippen LogP contribution >= 0.6 is 0 Å². The smallest absolute Gasteiger partial charge is 0.144 e.